The summed E-state index contributed by atoms with van der Waals surface area (Å²) in [5.41, 5.74) is 2.63. The zero-order valence-corrected chi connectivity index (χ0v) is 23.8. The van der Waals surface area contributed by atoms with Crippen LogP contribution in [0.5, 0.6) is 0 Å². The number of nitrogens with one attached hydrogen (secondary N) is 1. The van der Waals surface area contributed by atoms with E-state index in [4.69, 9.17) is 23.2 Å². The van der Waals surface area contributed by atoms with Gasteiger partial charge in [-0.05, 0) is 52.9 Å². The van der Waals surface area contributed by atoms with Gasteiger partial charge in [-0.25, -0.2) is 13.2 Å². The number of hydrogen-bond acceptors (Lipinski definition) is 5. The zero-order valence-electron chi connectivity index (χ0n) is 21.4. The van der Waals surface area contributed by atoms with Crippen molar-refractivity contribution >= 4 is 56.9 Å². The lowest BCUT2D eigenvalue weighted by Gasteiger charge is -2.29. The first kappa shape index (κ1) is 29.3. The average Bonchev–Trinajstić information content (AvgIpc) is 2.91. The van der Waals surface area contributed by atoms with Gasteiger partial charge in [-0.3, -0.25) is 9.59 Å². The van der Waals surface area contributed by atoms with Gasteiger partial charge in [0.2, 0.25) is 5.91 Å². The molecule has 1 atom stereocenters. The van der Waals surface area contributed by atoms with E-state index in [1.165, 1.54) is 24.3 Å². The van der Waals surface area contributed by atoms with E-state index in [-0.39, 0.29) is 39.4 Å². The van der Waals surface area contributed by atoms with Crippen LogP contribution in [0.4, 0.5) is 0 Å². The van der Waals surface area contributed by atoms with Crippen LogP contribution in [0.2, 0.25) is 10.0 Å². The number of aliphatic carboxylic acids is 1. The van der Waals surface area contributed by atoms with E-state index in [0.717, 1.165) is 11.8 Å². The fourth-order valence-corrected chi connectivity index (χ4v) is 5.91. The third-order valence-corrected chi connectivity index (χ3v) is 8.36. The largest absolute Gasteiger partial charge is 0.480 e. The average molecular weight is 602 g/mol. The maximum atomic E-state index is 13.2. The summed E-state index contributed by atoms with van der Waals surface area (Å²) in [5.74, 6) is -2.25. The fraction of sp³-hybridized carbons (Fsp3) is 0.207. The van der Waals surface area contributed by atoms with Gasteiger partial charge in [0.1, 0.15) is 6.04 Å². The van der Waals surface area contributed by atoms with E-state index in [2.05, 4.69) is 5.32 Å². The monoisotopic (exact) mass is 600 g/mol. The van der Waals surface area contributed by atoms with E-state index >= 15 is 0 Å². The minimum atomic E-state index is -3.49. The van der Waals surface area contributed by atoms with Crippen LogP contribution in [0.1, 0.15) is 32.6 Å². The van der Waals surface area contributed by atoms with Crippen molar-refractivity contribution in [2.24, 2.45) is 0 Å². The molecular weight excluding hydrogens is 575 g/mol. The molecule has 11 heteroatoms. The molecule has 0 saturated heterocycles. The van der Waals surface area contributed by atoms with Crippen LogP contribution in [-0.4, -0.2) is 55.1 Å². The predicted octanol–water partition coefficient (Wildman–Crippen LogP) is 4.42. The van der Waals surface area contributed by atoms with Gasteiger partial charge >= 0.3 is 5.97 Å². The summed E-state index contributed by atoms with van der Waals surface area (Å²) in [5, 5.41) is 12.3. The molecule has 2 N–H and O–H groups in total. The first-order chi connectivity index (χ1) is 18.9. The Morgan fingerprint density at radius 1 is 1.07 bits per heavy atom. The molecule has 8 nitrogen and oxygen atoms in total. The Morgan fingerprint density at radius 3 is 2.48 bits per heavy atom. The minimum absolute atomic E-state index is 0.0265. The van der Waals surface area contributed by atoms with E-state index in [0.29, 0.717) is 29.7 Å². The van der Waals surface area contributed by atoms with Gasteiger partial charge in [-0.1, -0.05) is 65.7 Å². The van der Waals surface area contributed by atoms with Crippen molar-refractivity contribution in [2.45, 2.75) is 30.3 Å². The molecule has 3 aromatic rings. The molecule has 208 valence electrons. The summed E-state index contributed by atoms with van der Waals surface area (Å²) < 4.78 is 23.7. The first-order valence-electron chi connectivity index (χ1n) is 12.3. The Kier molecular flexibility index (Phi) is 8.98. The van der Waals surface area contributed by atoms with Crippen molar-refractivity contribution in [3.63, 3.8) is 0 Å². The highest BCUT2D eigenvalue weighted by Crippen LogP contribution is 2.35. The normalized spacial score (nSPS) is 14.0. The van der Waals surface area contributed by atoms with Gasteiger partial charge in [-0.15, -0.1) is 0 Å². The van der Waals surface area contributed by atoms with Crippen LogP contribution in [0.3, 0.4) is 0 Å². The summed E-state index contributed by atoms with van der Waals surface area (Å²) >= 11 is 13.1. The molecule has 0 saturated carbocycles. The van der Waals surface area contributed by atoms with Crippen LogP contribution < -0.4 is 5.32 Å². The number of benzene rings is 3. The maximum Gasteiger partial charge on any atom is 0.326 e. The smallest absolute Gasteiger partial charge is 0.326 e. The molecule has 0 aromatic heterocycles. The number of carbonyl (C=O) groups is 3. The topological polar surface area (TPSA) is 121 Å². The van der Waals surface area contributed by atoms with Gasteiger partial charge in [0.25, 0.3) is 5.91 Å². The SMILES string of the molecule is CS(=O)(=O)c1cccc(C[C@H](NC(=O)c2c(Cl)cc3c(c2Cl)CCN(C(=O)C=Cc2ccccc2)C3)C(=O)O)c1. The third-order valence-electron chi connectivity index (χ3n) is 6.53. The molecule has 1 aliphatic rings. The number of sulfone groups is 1. The number of halogens is 2. The molecular formula is C29H26Cl2N2O6S. The number of hydrogen-bond donors (Lipinski definition) is 2. The molecule has 0 spiro atoms. The lowest BCUT2D eigenvalue weighted by atomic mass is 9.96. The quantitative estimate of drug-likeness (QED) is 0.369. The van der Waals surface area contributed by atoms with Gasteiger partial charge < -0.3 is 15.3 Å². The Balaban J connectivity index is 1.51. The number of rotatable bonds is 8. The summed E-state index contributed by atoms with van der Waals surface area (Å²) in [6.45, 7) is 0.630. The molecule has 1 heterocycles. The highest BCUT2D eigenvalue weighted by molar-refractivity contribution is 7.90. The van der Waals surface area contributed by atoms with Crippen molar-refractivity contribution in [3.05, 3.63) is 105 Å². The summed E-state index contributed by atoms with van der Waals surface area (Å²) in [6, 6.07) is 15.5. The highest BCUT2D eigenvalue weighted by atomic mass is 35.5. The summed E-state index contributed by atoms with van der Waals surface area (Å²) in [4.78, 5) is 39.6. The Labute approximate surface area is 242 Å². The molecule has 1 aliphatic heterocycles. The van der Waals surface area contributed by atoms with Crippen LogP contribution in [0.15, 0.2) is 71.6 Å². The highest BCUT2D eigenvalue weighted by Gasteiger charge is 2.29. The second-order valence-electron chi connectivity index (χ2n) is 9.43. The van der Waals surface area contributed by atoms with Crippen LogP contribution >= 0.6 is 23.2 Å². The fourth-order valence-electron chi connectivity index (χ4n) is 4.45. The number of fused-ring (bicyclic) bond motifs is 1. The van der Waals surface area contributed by atoms with E-state index < -0.39 is 27.8 Å². The van der Waals surface area contributed by atoms with Crippen LogP contribution in [0.25, 0.3) is 6.08 Å². The first-order valence-corrected chi connectivity index (χ1v) is 14.9. The lowest BCUT2D eigenvalue weighted by Crippen LogP contribution is -2.42. The number of carboxylic acid groups (broad SMARTS) is 1. The summed E-state index contributed by atoms with van der Waals surface area (Å²) in [6.07, 6.45) is 4.53. The van der Waals surface area contributed by atoms with Crippen LogP contribution in [-0.2, 0) is 38.8 Å². The van der Waals surface area contributed by atoms with Crippen molar-refractivity contribution in [2.75, 3.05) is 12.8 Å². The zero-order chi connectivity index (χ0) is 29.0. The molecule has 4 rings (SSSR count). The molecule has 40 heavy (non-hydrogen) atoms. The van der Waals surface area contributed by atoms with E-state index in [1.807, 2.05) is 30.3 Å². The van der Waals surface area contributed by atoms with Crippen molar-refractivity contribution in [1.29, 1.82) is 0 Å². The molecule has 2 amide bonds. The maximum absolute atomic E-state index is 13.2. The van der Waals surface area contributed by atoms with Gasteiger partial charge in [0.05, 0.1) is 20.5 Å². The molecule has 0 fully saturated rings. The second kappa shape index (κ2) is 12.2. The number of nitrogens with zero attached hydrogens (tertiary/aromatic N) is 1. The van der Waals surface area contributed by atoms with Crippen molar-refractivity contribution in [1.82, 2.24) is 10.2 Å². The Morgan fingerprint density at radius 2 is 1.80 bits per heavy atom. The van der Waals surface area contributed by atoms with Gasteiger partial charge in [-0.2, -0.15) is 0 Å². The van der Waals surface area contributed by atoms with Gasteiger partial charge in [0, 0.05) is 31.8 Å². The van der Waals surface area contributed by atoms with E-state index in [1.54, 1.807) is 23.1 Å². The minimum Gasteiger partial charge on any atom is -0.480 e. The molecule has 0 bridgehead atoms. The number of carboxylic acids is 1. The van der Waals surface area contributed by atoms with Crippen molar-refractivity contribution < 1.29 is 27.9 Å². The van der Waals surface area contributed by atoms with Gasteiger partial charge in [0.15, 0.2) is 9.84 Å². The van der Waals surface area contributed by atoms with E-state index in [9.17, 15) is 27.9 Å². The van der Waals surface area contributed by atoms with Crippen molar-refractivity contribution in [3.8, 4) is 0 Å². The summed E-state index contributed by atoms with van der Waals surface area (Å²) in [7, 11) is -3.49. The van der Waals surface area contributed by atoms with Crippen LogP contribution in [0, 0.1) is 0 Å². The Bertz CT molecular complexity index is 1610. The predicted molar refractivity (Wildman–Crippen MR) is 153 cm³/mol. The standard InChI is InChI=1S/C29H26Cl2N2O6S/c1-40(38,39)21-9-5-8-19(14-21)15-24(29(36)37)32-28(35)26-23(30)16-20-17-33(13-12-22(20)27(26)31)25(34)11-10-18-6-3-2-4-7-18/h2-11,14,16,24H,12-13,15,17H2,1H3,(H,32,35)(H,36,37)/t24-/m0/s1. The molecule has 0 aliphatic carbocycles. The number of carbonyl (C=O) groups excluding carboxylic acids is 2. The molecule has 0 unspecified atom stereocenters. The Hall–Kier alpha value is -3.66. The molecule has 0 radical (unpaired) electrons. The third kappa shape index (κ3) is 6.91. The second-order valence-corrected chi connectivity index (χ2v) is 12.2. The lowest BCUT2D eigenvalue weighted by molar-refractivity contribution is -0.139. The molecule has 3 aromatic carbocycles. The number of amides is 2.